The lowest BCUT2D eigenvalue weighted by atomic mass is 9.99. The molecule has 0 atom stereocenters. The van der Waals surface area contributed by atoms with Gasteiger partial charge in [-0.1, -0.05) is 36.9 Å². The molecule has 0 radical (unpaired) electrons. The van der Waals surface area contributed by atoms with E-state index in [1.54, 1.807) is 12.2 Å². The lowest BCUT2D eigenvalue weighted by molar-refractivity contribution is -0.140. The highest BCUT2D eigenvalue weighted by Gasteiger charge is 2.17. The average molecular weight is 397 g/mol. The highest BCUT2D eigenvalue weighted by atomic mass is 16.5. The molecule has 0 bridgehead atoms. The molecule has 1 aliphatic heterocycles. The second kappa shape index (κ2) is 10.7. The normalized spacial score (nSPS) is 13.2. The Morgan fingerprint density at radius 2 is 1.90 bits per heavy atom. The van der Waals surface area contributed by atoms with Crippen molar-refractivity contribution in [2.75, 3.05) is 24.6 Å². The quantitative estimate of drug-likeness (QED) is 0.217. The molecule has 0 unspecified atom stereocenters. The van der Waals surface area contributed by atoms with Crippen molar-refractivity contribution in [1.29, 1.82) is 0 Å². The maximum atomic E-state index is 11.2. The number of rotatable bonds is 9. The van der Waals surface area contributed by atoms with Crippen LogP contribution in [0.4, 0.5) is 5.69 Å². The maximum Gasteiger partial charge on any atom is 0.343 e. The van der Waals surface area contributed by atoms with Crippen LogP contribution >= 0.6 is 0 Å². The van der Waals surface area contributed by atoms with E-state index < -0.39 is 23.5 Å². The second-order valence-electron chi connectivity index (χ2n) is 6.29. The van der Waals surface area contributed by atoms with Gasteiger partial charge in [0, 0.05) is 18.3 Å². The summed E-state index contributed by atoms with van der Waals surface area (Å²) in [5.74, 6) is -3.39. The van der Waals surface area contributed by atoms with Gasteiger partial charge in [0.1, 0.15) is 12.2 Å². The lowest BCUT2D eigenvalue weighted by Gasteiger charge is -2.31. The van der Waals surface area contributed by atoms with Crippen molar-refractivity contribution in [3.05, 3.63) is 71.9 Å². The fourth-order valence-electron chi connectivity index (χ4n) is 2.96. The van der Waals surface area contributed by atoms with Gasteiger partial charge in [-0.05, 0) is 42.2 Å². The number of carboxylic acids is 2. The van der Waals surface area contributed by atoms with Gasteiger partial charge in [-0.15, -0.1) is 0 Å². The Balaban J connectivity index is 2.01. The summed E-state index contributed by atoms with van der Waals surface area (Å²) in [4.78, 5) is 34.9. The molecule has 29 heavy (non-hydrogen) atoms. The molecule has 1 aliphatic rings. The van der Waals surface area contributed by atoms with Gasteiger partial charge in [0.05, 0.1) is 6.54 Å². The third-order valence-electron chi connectivity index (χ3n) is 4.33. The van der Waals surface area contributed by atoms with Crippen molar-refractivity contribution in [3.8, 4) is 0 Å². The number of allylic oxidation sites excluding steroid dienone is 4. The van der Waals surface area contributed by atoms with Crippen LogP contribution in [0.25, 0.3) is 6.08 Å². The monoisotopic (exact) mass is 397 g/mol. The molecule has 2 N–H and O–H groups in total. The highest BCUT2D eigenvalue weighted by Crippen LogP contribution is 2.28. The van der Waals surface area contributed by atoms with Gasteiger partial charge in [-0.3, -0.25) is 0 Å². The number of benzene rings is 1. The molecule has 0 saturated carbocycles. The molecule has 2 rings (SSSR count). The van der Waals surface area contributed by atoms with Crippen LogP contribution < -0.4 is 4.90 Å². The van der Waals surface area contributed by atoms with Crippen molar-refractivity contribution in [2.24, 2.45) is 0 Å². The van der Waals surface area contributed by atoms with E-state index in [1.807, 2.05) is 18.2 Å². The molecule has 0 aromatic heterocycles. The number of hydrogen-bond donors (Lipinski definition) is 2. The van der Waals surface area contributed by atoms with Crippen LogP contribution in [0.5, 0.6) is 0 Å². The molecule has 1 aromatic rings. The topological polar surface area (TPSA) is 104 Å². The third-order valence-corrected chi connectivity index (χ3v) is 4.33. The summed E-state index contributed by atoms with van der Waals surface area (Å²) >= 11 is 0. The van der Waals surface area contributed by atoms with E-state index in [9.17, 15) is 14.4 Å². The molecule has 152 valence electrons. The molecule has 0 saturated heterocycles. The van der Waals surface area contributed by atoms with E-state index in [-0.39, 0.29) is 0 Å². The van der Waals surface area contributed by atoms with E-state index in [0.29, 0.717) is 13.2 Å². The summed E-state index contributed by atoms with van der Waals surface area (Å²) < 4.78 is 5.06. The Hall–Kier alpha value is -3.61. The predicted octanol–water partition coefficient (Wildman–Crippen LogP) is 2.83. The molecular weight excluding hydrogens is 374 g/mol. The first-order valence-corrected chi connectivity index (χ1v) is 9.11. The van der Waals surface area contributed by atoms with Crippen molar-refractivity contribution < 1.29 is 29.3 Å². The van der Waals surface area contributed by atoms with Gasteiger partial charge in [0.15, 0.2) is 0 Å². The van der Waals surface area contributed by atoms with Gasteiger partial charge < -0.3 is 19.8 Å². The molecule has 7 nitrogen and oxygen atoms in total. The standard InChI is InChI=1S/C22H23NO6/c1-2-20(24)29-14-13-23-12-6-8-17-15-16(10-11-19(17)23)7-4-3-5-9-18(21(25)26)22(27)28/h2-5,7,9-11,15H,1,6,8,12-14H2,(H,25,26)(H,27,28). The third kappa shape index (κ3) is 6.49. The predicted molar refractivity (Wildman–Crippen MR) is 110 cm³/mol. The van der Waals surface area contributed by atoms with Gasteiger partial charge in [0.2, 0.25) is 0 Å². The Morgan fingerprint density at radius 1 is 1.14 bits per heavy atom. The van der Waals surface area contributed by atoms with Crippen LogP contribution in [0.15, 0.2) is 60.7 Å². The number of carbonyl (C=O) groups is 3. The van der Waals surface area contributed by atoms with E-state index in [0.717, 1.165) is 42.8 Å². The smallest absolute Gasteiger partial charge is 0.343 e. The SMILES string of the molecule is C=CC(=O)OCCN1CCCc2cc(C=CC=CC=C(C(=O)O)C(=O)O)ccc21. The van der Waals surface area contributed by atoms with E-state index in [2.05, 4.69) is 17.5 Å². The highest BCUT2D eigenvalue weighted by molar-refractivity contribution is 6.12. The first-order valence-electron chi connectivity index (χ1n) is 9.11. The molecule has 0 spiro atoms. The van der Waals surface area contributed by atoms with Gasteiger partial charge in [-0.25, -0.2) is 14.4 Å². The van der Waals surface area contributed by atoms with Crippen LogP contribution in [0, 0.1) is 0 Å². The maximum absolute atomic E-state index is 11.2. The molecule has 0 aliphatic carbocycles. The molecule has 7 heteroatoms. The summed E-state index contributed by atoms with van der Waals surface area (Å²) in [6.07, 6.45) is 10.7. The van der Waals surface area contributed by atoms with E-state index in [1.165, 1.54) is 11.6 Å². The van der Waals surface area contributed by atoms with Crippen LogP contribution in [-0.2, 0) is 25.5 Å². The Bertz CT molecular complexity index is 865. The zero-order valence-corrected chi connectivity index (χ0v) is 15.9. The zero-order chi connectivity index (χ0) is 21.2. The molecule has 1 aromatic carbocycles. The molecule has 0 amide bonds. The molecular formula is C22H23NO6. The number of carboxylic acid groups (broad SMARTS) is 2. The largest absolute Gasteiger partial charge is 0.477 e. The number of esters is 1. The Kier molecular flexibility index (Phi) is 7.97. The summed E-state index contributed by atoms with van der Waals surface area (Å²) in [6.45, 7) is 5.20. The van der Waals surface area contributed by atoms with Crippen LogP contribution in [0.2, 0.25) is 0 Å². The Labute approximate surface area is 168 Å². The summed E-state index contributed by atoms with van der Waals surface area (Å²) in [7, 11) is 0. The first-order chi connectivity index (χ1) is 13.9. The minimum absolute atomic E-state index is 0.304. The van der Waals surface area contributed by atoms with Crippen molar-refractivity contribution in [1.82, 2.24) is 0 Å². The van der Waals surface area contributed by atoms with E-state index in [4.69, 9.17) is 14.9 Å². The van der Waals surface area contributed by atoms with Crippen LogP contribution in [-0.4, -0.2) is 47.8 Å². The fraction of sp³-hybridized carbons (Fsp3) is 0.227. The molecule has 1 heterocycles. The second-order valence-corrected chi connectivity index (χ2v) is 6.29. The number of ether oxygens (including phenoxy) is 1. The minimum Gasteiger partial charge on any atom is -0.477 e. The number of carbonyl (C=O) groups excluding carboxylic acids is 1. The summed E-state index contributed by atoms with van der Waals surface area (Å²) in [5.41, 5.74) is 2.61. The molecule has 0 fully saturated rings. The van der Waals surface area contributed by atoms with Gasteiger partial charge in [0.25, 0.3) is 0 Å². The first kappa shape index (κ1) is 21.7. The van der Waals surface area contributed by atoms with Crippen molar-refractivity contribution in [3.63, 3.8) is 0 Å². The summed E-state index contributed by atoms with van der Waals surface area (Å²) in [6, 6.07) is 6.07. The van der Waals surface area contributed by atoms with Crippen LogP contribution in [0.3, 0.4) is 0 Å². The van der Waals surface area contributed by atoms with Gasteiger partial charge >= 0.3 is 17.9 Å². The Morgan fingerprint density at radius 3 is 2.59 bits per heavy atom. The number of aliphatic carboxylic acids is 2. The van der Waals surface area contributed by atoms with Crippen molar-refractivity contribution >= 4 is 29.7 Å². The van der Waals surface area contributed by atoms with Gasteiger partial charge in [-0.2, -0.15) is 0 Å². The number of nitrogens with zero attached hydrogens (tertiary/aromatic N) is 1. The number of hydrogen-bond acceptors (Lipinski definition) is 5. The lowest BCUT2D eigenvalue weighted by Crippen LogP contribution is -2.32. The van der Waals surface area contributed by atoms with Crippen LogP contribution in [0.1, 0.15) is 17.5 Å². The van der Waals surface area contributed by atoms with Crippen molar-refractivity contribution in [2.45, 2.75) is 12.8 Å². The minimum atomic E-state index is -1.48. The van der Waals surface area contributed by atoms with E-state index >= 15 is 0 Å². The number of aryl methyl sites for hydroxylation is 1. The fourth-order valence-corrected chi connectivity index (χ4v) is 2.96. The zero-order valence-electron chi connectivity index (χ0n) is 15.9. The summed E-state index contributed by atoms with van der Waals surface area (Å²) in [5, 5.41) is 17.5. The number of fused-ring (bicyclic) bond motifs is 1. The number of anilines is 1. The average Bonchev–Trinajstić information content (AvgIpc) is 2.69.